The number of carboxylic acids is 1. The molecule has 0 saturated carbocycles. The first-order chi connectivity index (χ1) is 13.2. The molecule has 2 N–H and O–H groups in total. The van der Waals surface area contributed by atoms with Gasteiger partial charge >= 0.3 is 12.1 Å². The molecule has 0 spiro atoms. The van der Waals surface area contributed by atoms with Gasteiger partial charge in [-0.25, -0.2) is 4.79 Å². The van der Waals surface area contributed by atoms with E-state index in [1.165, 1.54) is 11.1 Å². The van der Waals surface area contributed by atoms with Crippen LogP contribution in [0.5, 0.6) is 0 Å². The second-order valence-electron chi connectivity index (χ2n) is 6.32. The van der Waals surface area contributed by atoms with Gasteiger partial charge in [0, 0.05) is 7.11 Å². The number of carbonyl (C=O) groups is 1. The normalized spacial score (nSPS) is 21.2. The number of alkyl halides is 3. The van der Waals surface area contributed by atoms with Crippen molar-refractivity contribution in [2.24, 2.45) is 4.99 Å². The summed E-state index contributed by atoms with van der Waals surface area (Å²) in [5.41, 5.74) is 2.19. The van der Waals surface area contributed by atoms with Gasteiger partial charge in [-0.3, -0.25) is 4.99 Å². The number of hydrogen-bond donors (Lipinski definition) is 2. The minimum Gasteiger partial charge on any atom is -0.475 e. The third-order valence-electron chi connectivity index (χ3n) is 4.25. The zero-order chi connectivity index (χ0) is 20.8. The van der Waals surface area contributed by atoms with Crippen LogP contribution in [0.2, 0.25) is 0 Å². The third kappa shape index (κ3) is 5.10. The Morgan fingerprint density at radius 1 is 1.14 bits per heavy atom. The fraction of sp³-hybridized carbons (Fsp3) is 0.300. The van der Waals surface area contributed by atoms with Crippen molar-refractivity contribution in [1.29, 1.82) is 0 Å². The van der Waals surface area contributed by atoms with Crippen LogP contribution in [-0.4, -0.2) is 36.8 Å². The SMILES string of the molecule is COCC1=N[C@H](c2ccccc2)[C@](C)(c2ccccc2)N1.O=C(O)C(F)(F)F. The van der Waals surface area contributed by atoms with Gasteiger partial charge in [0.15, 0.2) is 0 Å². The molecule has 1 aliphatic heterocycles. The van der Waals surface area contributed by atoms with Gasteiger partial charge in [0.1, 0.15) is 18.5 Å². The van der Waals surface area contributed by atoms with Gasteiger partial charge in [-0.2, -0.15) is 13.2 Å². The highest BCUT2D eigenvalue weighted by Crippen LogP contribution is 2.41. The average molecular weight is 394 g/mol. The van der Waals surface area contributed by atoms with Gasteiger partial charge in [0.25, 0.3) is 0 Å². The molecule has 0 saturated heterocycles. The quantitative estimate of drug-likeness (QED) is 0.825. The van der Waals surface area contributed by atoms with Crippen molar-refractivity contribution in [2.75, 3.05) is 13.7 Å². The largest absolute Gasteiger partial charge is 0.490 e. The molecule has 0 unspecified atom stereocenters. The van der Waals surface area contributed by atoms with Gasteiger partial charge < -0.3 is 15.2 Å². The van der Waals surface area contributed by atoms with Crippen molar-refractivity contribution in [3.05, 3.63) is 71.8 Å². The second kappa shape index (κ2) is 8.88. The highest BCUT2D eigenvalue weighted by Gasteiger charge is 2.42. The molecule has 3 rings (SSSR count). The van der Waals surface area contributed by atoms with Crippen LogP contribution >= 0.6 is 0 Å². The number of ether oxygens (including phenoxy) is 1. The van der Waals surface area contributed by atoms with E-state index in [9.17, 15) is 13.2 Å². The Kier molecular flexibility index (Phi) is 6.80. The van der Waals surface area contributed by atoms with Crippen molar-refractivity contribution in [3.63, 3.8) is 0 Å². The summed E-state index contributed by atoms with van der Waals surface area (Å²) in [4.78, 5) is 13.8. The smallest absolute Gasteiger partial charge is 0.475 e. The Bertz CT molecular complexity index is 810. The number of carboxylic acid groups (broad SMARTS) is 1. The molecule has 2 aromatic rings. The van der Waals surface area contributed by atoms with Gasteiger partial charge in [-0.15, -0.1) is 0 Å². The highest BCUT2D eigenvalue weighted by atomic mass is 19.4. The fourth-order valence-electron chi connectivity index (χ4n) is 2.95. The first-order valence-electron chi connectivity index (χ1n) is 8.43. The molecule has 28 heavy (non-hydrogen) atoms. The van der Waals surface area contributed by atoms with E-state index in [0.29, 0.717) is 6.61 Å². The summed E-state index contributed by atoms with van der Waals surface area (Å²) in [5, 5.41) is 10.7. The van der Waals surface area contributed by atoms with Gasteiger partial charge in [-0.05, 0) is 18.1 Å². The zero-order valence-corrected chi connectivity index (χ0v) is 15.4. The van der Waals surface area contributed by atoms with E-state index in [1.54, 1.807) is 7.11 Å². The Morgan fingerprint density at radius 2 is 1.64 bits per heavy atom. The molecule has 0 bridgehead atoms. The molecule has 0 radical (unpaired) electrons. The summed E-state index contributed by atoms with van der Waals surface area (Å²) in [6.07, 6.45) is -5.08. The van der Waals surface area contributed by atoms with Crippen LogP contribution in [0.3, 0.4) is 0 Å². The molecule has 5 nitrogen and oxygen atoms in total. The predicted octanol–water partition coefficient (Wildman–Crippen LogP) is 3.92. The van der Waals surface area contributed by atoms with E-state index in [4.69, 9.17) is 19.6 Å². The summed E-state index contributed by atoms with van der Waals surface area (Å²) in [6.45, 7) is 2.71. The van der Waals surface area contributed by atoms with E-state index in [-0.39, 0.29) is 11.6 Å². The van der Waals surface area contributed by atoms with E-state index >= 15 is 0 Å². The average Bonchev–Trinajstić information content (AvgIpc) is 3.01. The lowest BCUT2D eigenvalue weighted by Crippen LogP contribution is -2.42. The number of aliphatic carboxylic acids is 1. The van der Waals surface area contributed by atoms with Crippen LogP contribution in [0.25, 0.3) is 0 Å². The summed E-state index contributed by atoms with van der Waals surface area (Å²) in [7, 11) is 1.69. The minimum absolute atomic E-state index is 0.0475. The maximum atomic E-state index is 10.6. The number of aliphatic imine (C=N–C) groups is 1. The number of nitrogens with one attached hydrogen (secondary N) is 1. The number of amidine groups is 1. The molecule has 0 aliphatic carbocycles. The Hall–Kier alpha value is -2.87. The van der Waals surface area contributed by atoms with Crippen LogP contribution in [0.4, 0.5) is 13.2 Å². The van der Waals surface area contributed by atoms with Crippen molar-refractivity contribution < 1.29 is 27.8 Å². The fourth-order valence-corrected chi connectivity index (χ4v) is 2.95. The van der Waals surface area contributed by atoms with E-state index < -0.39 is 12.1 Å². The second-order valence-corrected chi connectivity index (χ2v) is 6.32. The van der Waals surface area contributed by atoms with Crippen molar-refractivity contribution in [2.45, 2.75) is 24.7 Å². The maximum absolute atomic E-state index is 10.6. The lowest BCUT2D eigenvalue weighted by atomic mass is 9.82. The van der Waals surface area contributed by atoms with E-state index in [2.05, 4.69) is 60.8 Å². The Labute approximate surface area is 160 Å². The van der Waals surface area contributed by atoms with Crippen molar-refractivity contribution in [3.8, 4) is 0 Å². The number of benzene rings is 2. The zero-order valence-electron chi connectivity index (χ0n) is 15.4. The number of halogens is 3. The molecule has 0 amide bonds. The molecular weight excluding hydrogens is 373 g/mol. The van der Waals surface area contributed by atoms with Crippen molar-refractivity contribution >= 4 is 11.8 Å². The van der Waals surface area contributed by atoms with Crippen LogP contribution in [0.1, 0.15) is 24.1 Å². The minimum atomic E-state index is -5.08. The molecule has 2 aromatic carbocycles. The first kappa shape index (κ1) is 21.4. The Balaban J connectivity index is 0.000000345. The number of nitrogens with zero attached hydrogens (tertiary/aromatic N) is 1. The summed E-state index contributed by atoms with van der Waals surface area (Å²) < 4.78 is 37.0. The molecule has 0 aromatic heterocycles. The van der Waals surface area contributed by atoms with Gasteiger partial charge in [-0.1, -0.05) is 60.7 Å². The predicted molar refractivity (Wildman–Crippen MR) is 99.1 cm³/mol. The monoisotopic (exact) mass is 394 g/mol. The van der Waals surface area contributed by atoms with E-state index in [0.717, 1.165) is 5.84 Å². The molecule has 1 aliphatic rings. The standard InChI is InChI=1S/C18H20N2O.C2HF3O2/c1-18(15-11-7-4-8-12-15)17(14-9-5-3-6-10-14)19-16(20-18)13-21-2;3-2(4,5)1(6)7/h3-12,17H,13H2,1-2H3,(H,19,20);(H,6,7)/t17-,18+;/m1./s1. The maximum Gasteiger partial charge on any atom is 0.490 e. The van der Waals surface area contributed by atoms with Gasteiger partial charge in [0.05, 0.1) is 5.54 Å². The van der Waals surface area contributed by atoms with Crippen LogP contribution in [0.15, 0.2) is 65.7 Å². The lowest BCUT2D eigenvalue weighted by molar-refractivity contribution is -0.192. The number of hydrogen-bond acceptors (Lipinski definition) is 4. The topological polar surface area (TPSA) is 70.9 Å². The molecule has 0 fully saturated rings. The summed E-state index contributed by atoms with van der Waals surface area (Å²) in [5.74, 6) is -1.86. The highest BCUT2D eigenvalue weighted by molar-refractivity contribution is 5.87. The molecule has 8 heteroatoms. The number of rotatable bonds is 4. The Morgan fingerprint density at radius 3 is 2.11 bits per heavy atom. The third-order valence-corrected chi connectivity index (χ3v) is 4.25. The van der Waals surface area contributed by atoms with Gasteiger partial charge in [0.2, 0.25) is 0 Å². The van der Waals surface area contributed by atoms with Crippen molar-refractivity contribution in [1.82, 2.24) is 5.32 Å². The lowest BCUT2D eigenvalue weighted by Gasteiger charge is -2.32. The first-order valence-corrected chi connectivity index (χ1v) is 8.43. The molecule has 1 heterocycles. The van der Waals surface area contributed by atoms with Crippen LogP contribution < -0.4 is 5.32 Å². The molecule has 2 atom stereocenters. The molecule has 150 valence electrons. The molecular formula is C20H21F3N2O3. The van der Waals surface area contributed by atoms with Crippen LogP contribution in [-0.2, 0) is 15.1 Å². The summed E-state index contributed by atoms with van der Waals surface area (Å²) >= 11 is 0. The summed E-state index contributed by atoms with van der Waals surface area (Å²) in [6, 6.07) is 20.9. The van der Waals surface area contributed by atoms with Crippen LogP contribution in [0, 0.1) is 0 Å². The van der Waals surface area contributed by atoms with E-state index in [1.807, 2.05) is 12.1 Å². The number of methoxy groups -OCH3 is 1.